The molecule has 194 valence electrons. The Morgan fingerprint density at radius 1 is 1.00 bits per heavy atom. The van der Waals surface area contributed by atoms with E-state index in [0.717, 1.165) is 54.1 Å². The number of nitrogens with zero attached hydrogens (tertiary/aromatic N) is 3. The number of aryl methyl sites for hydroxylation is 2. The smallest absolute Gasteiger partial charge is 0.188 e. The molecule has 0 amide bonds. The average molecular weight is 534 g/mol. The van der Waals surface area contributed by atoms with Crippen LogP contribution >= 0.6 is 22.7 Å². The molecule has 5 rings (SSSR count). The van der Waals surface area contributed by atoms with Crippen LogP contribution in [0.2, 0.25) is 0 Å². The number of nitrogens with one attached hydrogen (secondary N) is 2. The molecule has 0 aliphatic carbocycles. The number of aromatic nitrogens is 3. The largest absolute Gasteiger partial charge is 0.497 e. The molecule has 5 aromatic rings. The SMILES string of the molecule is C=C(Nc1ccccc1C)c1ccc(Nc2ncc(-c3c(C)nc4cc(OC)ccn34)s2)s1.CC.CC. The molecule has 0 bridgehead atoms. The van der Waals surface area contributed by atoms with Crippen LogP contribution in [-0.2, 0) is 0 Å². The zero-order valence-corrected chi connectivity index (χ0v) is 24.2. The molecule has 6 nitrogen and oxygen atoms in total. The van der Waals surface area contributed by atoms with Gasteiger partial charge in [-0.25, -0.2) is 9.97 Å². The number of rotatable bonds is 7. The van der Waals surface area contributed by atoms with Crippen LogP contribution in [-0.4, -0.2) is 21.5 Å². The predicted octanol–water partition coefficient (Wildman–Crippen LogP) is 9.02. The molecule has 0 atom stereocenters. The van der Waals surface area contributed by atoms with Gasteiger partial charge in [0.05, 0.1) is 33.3 Å². The van der Waals surface area contributed by atoms with Crippen LogP contribution in [0, 0.1) is 13.8 Å². The Bertz CT molecular complexity index is 1460. The van der Waals surface area contributed by atoms with E-state index < -0.39 is 0 Å². The third kappa shape index (κ3) is 6.39. The third-order valence-corrected chi connectivity index (χ3v) is 7.29. The normalized spacial score (nSPS) is 10.1. The maximum absolute atomic E-state index is 5.32. The number of para-hydroxylation sites is 1. The van der Waals surface area contributed by atoms with Crippen LogP contribution in [0.15, 0.2) is 67.5 Å². The van der Waals surface area contributed by atoms with E-state index in [9.17, 15) is 0 Å². The monoisotopic (exact) mass is 533 g/mol. The van der Waals surface area contributed by atoms with E-state index in [-0.39, 0.29) is 0 Å². The minimum Gasteiger partial charge on any atom is -0.497 e. The molecule has 0 fully saturated rings. The van der Waals surface area contributed by atoms with E-state index in [1.165, 1.54) is 5.56 Å². The first-order chi connectivity index (χ1) is 18.0. The van der Waals surface area contributed by atoms with Gasteiger partial charge in [-0.2, -0.15) is 0 Å². The first kappa shape index (κ1) is 28.0. The second-order valence-corrected chi connectivity index (χ2v) is 9.69. The van der Waals surface area contributed by atoms with Crippen LogP contribution in [0.5, 0.6) is 5.75 Å². The maximum atomic E-state index is 5.32. The van der Waals surface area contributed by atoms with Gasteiger partial charge in [-0.05, 0) is 43.7 Å². The van der Waals surface area contributed by atoms with Gasteiger partial charge in [0.25, 0.3) is 0 Å². The Hall–Kier alpha value is -3.62. The van der Waals surface area contributed by atoms with Gasteiger partial charge in [-0.1, -0.05) is 63.8 Å². The molecule has 1 aromatic carbocycles. The number of anilines is 3. The van der Waals surface area contributed by atoms with Crippen molar-refractivity contribution in [2.75, 3.05) is 17.7 Å². The van der Waals surface area contributed by atoms with Crippen LogP contribution < -0.4 is 15.4 Å². The summed E-state index contributed by atoms with van der Waals surface area (Å²) < 4.78 is 7.39. The lowest BCUT2D eigenvalue weighted by Gasteiger charge is -2.10. The predicted molar refractivity (Wildman–Crippen MR) is 162 cm³/mol. The average Bonchev–Trinajstić information content (AvgIpc) is 3.66. The summed E-state index contributed by atoms with van der Waals surface area (Å²) in [5.74, 6) is 0.790. The van der Waals surface area contributed by atoms with Gasteiger partial charge in [0.15, 0.2) is 5.13 Å². The number of fused-ring (bicyclic) bond motifs is 1. The topological polar surface area (TPSA) is 63.5 Å². The first-order valence-corrected chi connectivity index (χ1v) is 14.0. The molecule has 4 heterocycles. The molecule has 4 aromatic heterocycles. The highest BCUT2D eigenvalue weighted by Crippen LogP contribution is 2.36. The zero-order valence-electron chi connectivity index (χ0n) is 22.5. The molecule has 0 saturated carbocycles. The number of thiazole rings is 1. The number of imidazole rings is 1. The number of hydrogen-bond acceptors (Lipinski definition) is 7. The van der Waals surface area contributed by atoms with Gasteiger partial charge in [0, 0.05) is 29.8 Å². The highest BCUT2D eigenvalue weighted by molar-refractivity contribution is 7.20. The van der Waals surface area contributed by atoms with Crippen molar-refractivity contribution < 1.29 is 4.74 Å². The Morgan fingerprint density at radius 3 is 2.49 bits per heavy atom. The van der Waals surface area contributed by atoms with Gasteiger partial charge in [-0.3, -0.25) is 4.40 Å². The molecule has 0 saturated heterocycles. The second kappa shape index (κ2) is 13.1. The van der Waals surface area contributed by atoms with E-state index in [2.05, 4.69) is 62.8 Å². The van der Waals surface area contributed by atoms with Crippen molar-refractivity contribution in [3.8, 4) is 16.3 Å². The molecule has 0 aliphatic heterocycles. The van der Waals surface area contributed by atoms with E-state index in [0.29, 0.717) is 0 Å². The van der Waals surface area contributed by atoms with Crippen molar-refractivity contribution >= 4 is 49.8 Å². The molecule has 2 N–H and O–H groups in total. The molecular weight excluding hydrogens is 498 g/mol. The summed E-state index contributed by atoms with van der Waals surface area (Å²) in [6, 6.07) is 16.2. The van der Waals surface area contributed by atoms with Crippen molar-refractivity contribution in [3.63, 3.8) is 0 Å². The first-order valence-electron chi connectivity index (χ1n) is 12.4. The lowest BCUT2D eigenvalue weighted by molar-refractivity contribution is 0.414. The minimum absolute atomic E-state index is 0.790. The number of methoxy groups -OCH3 is 1. The Morgan fingerprint density at radius 2 is 1.76 bits per heavy atom. The van der Waals surface area contributed by atoms with Crippen molar-refractivity contribution in [2.24, 2.45) is 0 Å². The number of ether oxygens (including phenoxy) is 1. The third-order valence-electron chi connectivity index (χ3n) is 5.31. The van der Waals surface area contributed by atoms with Gasteiger partial charge >= 0.3 is 0 Å². The number of pyridine rings is 1. The van der Waals surface area contributed by atoms with Crippen LogP contribution in [0.3, 0.4) is 0 Å². The summed E-state index contributed by atoms with van der Waals surface area (Å²) in [5, 5.41) is 8.69. The fourth-order valence-corrected chi connectivity index (χ4v) is 5.44. The second-order valence-electron chi connectivity index (χ2n) is 7.58. The summed E-state index contributed by atoms with van der Waals surface area (Å²) in [4.78, 5) is 11.4. The fraction of sp³-hybridized carbons (Fsp3) is 0.241. The number of hydrogen-bond donors (Lipinski definition) is 2. The molecule has 37 heavy (non-hydrogen) atoms. The summed E-state index contributed by atoms with van der Waals surface area (Å²) >= 11 is 3.24. The van der Waals surface area contributed by atoms with Crippen molar-refractivity contribution in [1.82, 2.24) is 14.4 Å². The molecule has 8 heteroatoms. The Labute approximate surface area is 227 Å². The van der Waals surface area contributed by atoms with Gasteiger partial charge in [-0.15, -0.1) is 11.3 Å². The standard InChI is InChI=1S/C25H23N5OS2.2C2H6/c1-15-7-5-6-8-19(15)27-16(2)20-9-10-23(32-20)29-25-26-14-21(33-25)24-17(3)28-22-13-18(31-4)11-12-30(22)24;2*1-2/h5-14,27H,2H2,1,3-4H3,(H,26,29);2*1-2H3. The Kier molecular flexibility index (Phi) is 9.88. The molecular formula is C29H35N5OS2. The summed E-state index contributed by atoms with van der Waals surface area (Å²) in [6.07, 6.45) is 3.87. The van der Waals surface area contributed by atoms with Crippen LogP contribution in [0.25, 0.3) is 21.9 Å². The van der Waals surface area contributed by atoms with Gasteiger partial charge < -0.3 is 15.4 Å². The molecule has 0 aliphatic rings. The quantitative estimate of drug-likeness (QED) is 0.218. The van der Waals surface area contributed by atoms with Crippen molar-refractivity contribution in [2.45, 2.75) is 41.5 Å². The van der Waals surface area contributed by atoms with Gasteiger partial charge in [0.1, 0.15) is 11.4 Å². The van der Waals surface area contributed by atoms with E-state index in [1.54, 1.807) is 29.8 Å². The van der Waals surface area contributed by atoms with Crippen molar-refractivity contribution in [3.05, 3.63) is 83.6 Å². The lowest BCUT2D eigenvalue weighted by atomic mass is 10.2. The minimum atomic E-state index is 0.790. The van der Waals surface area contributed by atoms with Crippen molar-refractivity contribution in [1.29, 1.82) is 0 Å². The van der Waals surface area contributed by atoms with E-state index in [4.69, 9.17) is 4.74 Å². The van der Waals surface area contributed by atoms with E-state index in [1.807, 2.05) is 71.3 Å². The number of benzene rings is 1. The fourth-order valence-electron chi connectivity index (χ4n) is 3.62. The summed E-state index contributed by atoms with van der Waals surface area (Å²) in [7, 11) is 1.66. The van der Waals surface area contributed by atoms with E-state index >= 15 is 0 Å². The number of thiophene rings is 1. The zero-order chi connectivity index (χ0) is 26.9. The maximum Gasteiger partial charge on any atom is 0.188 e. The summed E-state index contributed by atoms with van der Waals surface area (Å²) in [5.41, 5.74) is 5.98. The summed E-state index contributed by atoms with van der Waals surface area (Å²) in [6.45, 7) is 16.3. The highest BCUT2D eigenvalue weighted by Gasteiger charge is 2.15. The van der Waals surface area contributed by atoms with Crippen LogP contribution in [0.4, 0.5) is 15.8 Å². The van der Waals surface area contributed by atoms with Gasteiger partial charge in [0.2, 0.25) is 0 Å². The molecule has 0 radical (unpaired) electrons. The van der Waals surface area contributed by atoms with Crippen LogP contribution in [0.1, 0.15) is 43.8 Å². The molecule has 0 spiro atoms. The Balaban J connectivity index is 0.000000907. The lowest BCUT2D eigenvalue weighted by Crippen LogP contribution is -1.97. The molecule has 0 unspecified atom stereocenters. The highest BCUT2D eigenvalue weighted by atomic mass is 32.1.